The molecule has 4 nitrogen and oxygen atoms in total. The molecular formula is C16H16F5NO3. The summed E-state index contributed by atoms with van der Waals surface area (Å²) in [5.41, 5.74) is 0. The molecule has 0 atom stereocenters. The largest absolute Gasteiger partial charge is 0.420 e. The molecule has 0 bridgehead atoms. The Bertz CT molecular complexity index is 658. The number of benzene rings is 1. The van der Waals surface area contributed by atoms with Gasteiger partial charge in [-0.1, -0.05) is 6.92 Å². The van der Waals surface area contributed by atoms with Gasteiger partial charge in [0, 0.05) is 19.5 Å². The van der Waals surface area contributed by atoms with Gasteiger partial charge in [-0.05, 0) is 18.8 Å². The van der Waals surface area contributed by atoms with Gasteiger partial charge >= 0.3 is 5.97 Å². The summed E-state index contributed by atoms with van der Waals surface area (Å²) in [5, 5.41) is 0. The van der Waals surface area contributed by atoms with Gasteiger partial charge in [-0.3, -0.25) is 9.59 Å². The molecule has 1 aromatic rings. The van der Waals surface area contributed by atoms with Crippen LogP contribution in [-0.2, 0) is 9.59 Å². The van der Waals surface area contributed by atoms with E-state index in [1.807, 2.05) is 0 Å². The summed E-state index contributed by atoms with van der Waals surface area (Å²) in [6.45, 7) is 3.16. The van der Waals surface area contributed by atoms with Crippen molar-refractivity contribution in [2.24, 2.45) is 5.92 Å². The van der Waals surface area contributed by atoms with Crippen LogP contribution in [0.3, 0.4) is 0 Å². The molecule has 0 saturated carbocycles. The molecule has 1 saturated heterocycles. The summed E-state index contributed by atoms with van der Waals surface area (Å²) >= 11 is 0. The van der Waals surface area contributed by atoms with Crippen LogP contribution in [0.1, 0.15) is 32.6 Å². The fraction of sp³-hybridized carbons (Fsp3) is 0.500. The standard InChI is InChI=1S/C16H16F5NO3/c1-8-4-6-22(7-5-8)9(23)2-3-10(24)25-16-14(20)12(18)11(17)13(19)15(16)21/h8H,2-7H2,1H3. The second-order valence-corrected chi connectivity index (χ2v) is 5.94. The molecule has 0 N–H and O–H groups in total. The number of likely N-dealkylation sites (tertiary alicyclic amines) is 1. The van der Waals surface area contributed by atoms with Gasteiger partial charge in [0.2, 0.25) is 40.7 Å². The minimum absolute atomic E-state index is 0.275. The van der Waals surface area contributed by atoms with Crippen LogP contribution in [0.4, 0.5) is 22.0 Å². The number of carbonyl (C=O) groups excluding carboxylic acids is 2. The SMILES string of the molecule is CC1CCN(C(=O)CCC(=O)Oc2c(F)c(F)c(F)c(F)c2F)CC1. The molecule has 1 heterocycles. The van der Waals surface area contributed by atoms with E-state index in [0.717, 1.165) is 12.8 Å². The van der Waals surface area contributed by atoms with Gasteiger partial charge in [0.1, 0.15) is 0 Å². The van der Waals surface area contributed by atoms with Crippen LogP contribution in [0.15, 0.2) is 0 Å². The fourth-order valence-electron chi connectivity index (χ4n) is 2.46. The van der Waals surface area contributed by atoms with Crippen molar-refractivity contribution in [3.63, 3.8) is 0 Å². The van der Waals surface area contributed by atoms with E-state index in [1.54, 1.807) is 4.90 Å². The molecule has 1 fully saturated rings. The second-order valence-electron chi connectivity index (χ2n) is 5.94. The molecule has 0 aliphatic carbocycles. The van der Waals surface area contributed by atoms with Crippen LogP contribution in [-0.4, -0.2) is 29.9 Å². The minimum Gasteiger partial charge on any atom is -0.420 e. The first-order valence-corrected chi connectivity index (χ1v) is 7.72. The summed E-state index contributed by atoms with van der Waals surface area (Å²) < 4.78 is 70.0. The average molecular weight is 365 g/mol. The van der Waals surface area contributed by atoms with E-state index in [0.29, 0.717) is 19.0 Å². The number of hydrogen-bond acceptors (Lipinski definition) is 3. The first-order chi connectivity index (χ1) is 11.7. The zero-order valence-corrected chi connectivity index (χ0v) is 13.4. The lowest BCUT2D eigenvalue weighted by molar-refractivity contribution is -0.139. The van der Waals surface area contributed by atoms with Crippen molar-refractivity contribution < 1.29 is 36.3 Å². The number of amides is 1. The minimum atomic E-state index is -2.34. The number of piperidine rings is 1. The zero-order chi connectivity index (χ0) is 18.7. The van der Waals surface area contributed by atoms with Crippen LogP contribution < -0.4 is 4.74 Å². The lowest BCUT2D eigenvalue weighted by atomic mass is 9.99. The highest BCUT2D eigenvalue weighted by molar-refractivity contribution is 5.82. The Hall–Kier alpha value is -2.19. The van der Waals surface area contributed by atoms with Crippen molar-refractivity contribution >= 4 is 11.9 Å². The second kappa shape index (κ2) is 7.79. The highest BCUT2D eigenvalue weighted by Crippen LogP contribution is 2.29. The Balaban J connectivity index is 1.96. The number of ether oxygens (including phenoxy) is 1. The lowest BCUT2D eigenvalue weighted by Crippen LogP contribution is -2.38. The third kappa shape index (κ3) is 4.26. The average Bonchev–Trinajstić information content (AvgIpc) is 2.60. The van der Waals surface area contributed by atoms with Gasteiger partial charge in [0.15, 0.2) is 0 Å². The molecule has 1 aliphatic rings. The quantitative estimate of drug-likeness (QED) is 0.270. The van der Waals surface area contributed by atoms with E-state index >= 15 is 0 Å². The summed E-state index contributed by atoms with van der Waals surface area (Å²) in [6.07, 6.45) is 0.856. The highest BCUT2D eigenvalue weighted by Gasteiger charge is 2.29. The van der Waals surface area contributed by atoms with Gasteiger partial charge in [0.25, 0.3) is 0 Å². The summed E-state index contributed by atoms with van der Waals surface area (Å²) in [4.78, 5) is 25.1. The Morgan fingerprint density at radius 2 is 1.40 bits per heavy atom. The Labute approximate surface area is 140 Å². The molecule has 1 aliphatic heterocycles. The molecular weight excluding hydrogens is 349 g/mol. The first-order valence-electron chi connectivity index (χ1n) is 7.72. The molecule has 1 aromatic carbocycles. The Morgan fingerprint density at radius 1 is 0.920 bits per heavy atom. The predicted octanol–water partition coefficient (Wildman–Crippen LogP) is 3.33. The maximum absolute atomic E-state index is 13.4. The lowest BCUT2D eigenvalue weighted by Gasteiger charge is -2.30. The molecule has 9 heteroatoms. The smallest absolute Gasteiger partial charge is 0.311 e. The van der Waals surface area contributed by atoms with Crippen molar-refractivity contribution in [2.75, 3.05) is 13.1 Å². The van der Waals surface area contributed by atoms with E-state index in [4.69, 9.17) is 0 Å². The van der Waals surface area contributed by atoms with E-state index < -0.39 is 47.2 Å². The normalized spacial score (nSPS) is 15.4. The van der Waals surface area contributed by atoms with Crippen molar-refractivity contribution in [3.8, 4) is 5.75 Å². The van der Waals surface area contributed by atoms with Crippen LogP contribution in [0.5, 0.6) is 5.75 Å². The topological polar surface area (TPSA) is 46.6 Å². The van der Waals surface area contributed by atoms with Crippen LogP contribution in [0.25, 0.3) is 0 Å². The Morgan fingerprint density at radius 3 is 1.92 bits per heavy atom. The van der Waals surface area contributed by atoms with Crippen LogP contribution >= 0.6 is 0 Å². The molecule has 0 radical (unpaired) electrons. The Kier molecular flexibility index (Phi) is 5.97. The summed E-state index contributed by atoms with van der Waals surface area (Å²) in [5.74, 6) is -14.0. The van der Waals surface area contributed by atoms with Gasteiger partial charge in [0.05, 0.1) is 6.42 Å². The molecule has 0 spiro atoms. The molecule has 0 aromatic heterocycles. The first kappa shape index (κ1) is 19.1. The molecule has 138 valence electrons. The van der Waals surface area contributed by atoms with Crippen molar-refractivity contribution in [2.45, 2.75) is 32.6 Å². The van der Waals surface area contributed by atoms with Gasteiger partial charge in [-0.2, -0.15) is 8.78 Å². The third-order valence-corrected chi connectivity index (χ3v) is 4.06. The van der Waals surface area contributed by atoms with E-state index in [-0.39, 0.29) is 12.3 Å². The third-order valence-electron chi connectivity index (χ3n) is 4.06. The van der Waals surface area contributed by atoms with Gasteiger partial charge in [-0.15, -0.1) is 0 Å². The predicted molar refractivity (Wildman–Crippen MR) is 76.1 cm³/mol. The van der Waals surface area contributed by atoms with Gasteiger partial charge in [-0.25, -0.2) is 13.2 Å². The zero-order valence-electron chi connectivity index (χ0n) is 13.4. The molecule has 25 heavy (non-hydrogen) atoms. The number of halogens is 5. The van der Waals surface area contributed by atoms with Crippen molar-refractivity contribution in [3.05, 3.63) is 29.1 Å². The number of nitrogens with zero attached hydrogens (tertiary/aromatic N) is 1. The maximum Gasteiger partial charge on any atom is 0.311 e. The molecule has 2 rings (SSSR count). The van der Waals surface area contributed by atoms with Crippen LogP contribution in [0.2, 0.25) is 0 Å². The van der Waals surface area contributed by atoms with Crippen molar-refractivity contribution in [1.29, 1.82) is 0 Å². The number of hydrogen-bond donors (Lipinski definition) is 0. The summed E-state index contributed by atoms with van der Waals surface area (Å²) in [7, 11) is 0. The van der Waals surface area contributed by atoms with E-state index in [2.05, 4.69) is 11.7 Å². The maximum atomic E-state index is 13.4. The highest BCUT2D eigenvalue weighted by atomic mass is 19.2. The number of esters is 1. The van der Waals surface area contributed by atoms with E-state index in [9.17, 15) is 31.5 Å². The van der Waals surface area contributed by atoms with Crippen molar-refractivity contribution in [1.82, 2.24) is 4.90 Å². The monoisotopic (exact) mass is 365 g/mol. The molecule has 1 amide bonds. The molecule has 0 unspecified atom stereocenters. The number of carbonyl (C=O) groups is 2. The summed E-state index contributed by atoms with van der Waals surface area (Å²) in [6, 6.07) is 0. The van der Waals surface area contributed by atoms with E-state index in [1.165, 1.54) is 0 Å². The number of rotatable bonds is 4. The fourth-order valence-corrected chi connectivity index (χ4v) is 2.46. The van der Waals surface area contributed by atoms with Crippen LogP contribution in [0, 0.1) is 35.0 Å². The van der Waals surface area contributed by atoms with Gasteiger partial charge < -0.3 is 9.64 Å².